The zero-order valence-corrected chi connectivity index (χ0v) is 54.9. The van der Waals surface area contributed by atoms with Gasteiger partial charge >= 0.3 is 93.8 Å². The average Bonchev–Trinajstić information content (AvgIpc) is 3.41. The number of hydrogen-bond donors (Lipinski definition) is 10. The minimum atomic E-state index is -5.07. The molecule has 436 valence electrons. The molecular weight excluding hydrogens is 1180 g/mol. The average molecular weight is 1260 g/mol. The molecule has 0 saturated heterocycles. The summed E-state index contributed by atoms with van der Waals surface area (Å²) in [5.41, 5.74) is 0.147. The molecule has 0 spiro atoms. The summed E-state index contributed by atoms with van der Waals surface area (Å²) in [6.07, 6.45) is -10.9. The summed E-state index contributed by atoms with van der Waals surface area (Å²) in [7, 11) is -39.4. The Balaban J connectivity index is 7.46. The van der Waals surface area contributed by atoms with Crippen LogP contribution in [0.1, 0.15) is 13.3 Å². The molecule has 10 N–H and O–H groups in total. The van der Waals surface area contributed by atoms with Gasteiger partial charge in [0.15, 0.2) is 8.32 Å². The Kier molecular flexibility index (Phi) is 32.8. The van der Waals surface area contributed by atoms with E-state index in [-0.39, 0.29) is 24.6 Å². The maximum atomic E-state index is 11.9. The van der Waals surface area contributed by atoms with Crippen LogP contribution in [0.3, 0.4) is 0 Å². The van der Waals surface area contributed by atoms with Crippen molar-refractivity contribution in [3.05, 3.63) is 12.2 Å². The van der Waals surface area contributed by atoms with Gasteiger partial charge in [0.1, 0.15) is 56.1 Å². The van der Waals surface area contributed by atoms with Gasteiger partial charge in [0.2, 0.25) is 0 Å². The summed E-state index contributed by atoms with van der Waals surface area (Å²) in [4.78, 5) is 11.9. The maximum Gasteiger partial charge on any atom is 0.513 e. The number of carbonyl (C=O) groups is 1. The standard InChI is InChI=1S/C30H80O32Si11/c1-29(2)30(41)52-17-16-18-64(19-31,42-3)54-66(21-33,44-5)56-68(23-35,46-7)58-70(25-37,48-9)60-72(27-39,50-11)62-73(28-40,51-12)61-71(26-38,49-10)59-69(24-36,47-8)57-67(22-34,45-6)55-65(20-32,43-4)53-63(13,14)15/h31-40H,1,16-28H2,2-15H3. The monoisotopic (exact) mass is 1260 g/mol. The summed E-state index contributed by atoms with van der Waals surface area (Å²) < 4.78 is 123. The minimum Gasteiger partial charge on any atom is -0.462 e. The molecule has 0 amide bonds. The largest absolute Gasteiger partial charge is 0.513 e. The molecule has 0 bridgehead atoms. The van der Waals surface area contributed by atoms with Crippen molar-refractivity contribution in [3.8, 4) is 0 Å². The number of aliphatic hydroxyl groups excluding tert-OH is 10. The van der Waals surface area contributed by atoms with Crippen LogP contribution in [0, 0.1) is 0 Å². The van der Waals surface area contributed by atoms with Gasteiger partial charge in [-0.1, -0.05) is 6.58 Å². The fourth-order valence-electron chi connectivity index (χ4n) is 5.74. The summed E-state index contributed by atoms with van der Waals surface area (Å²) >= 11 is 0. The van der Waals surface area contributed by atoms with Crippen LogP contribution >= 0.6 is 0 Å². The molecular formula is C30H80O32Si11. The number of rotatable bonds is 45. The van der Waals surface area contributed by atoms with E-state index in [1.165, 1.54) is 21.1 Å². The second-order valence-corrected chi connectivity index (χ2v) is 50.1. The van der Waals surface area contributed by atoms with E-state index in [0.717, 1.165) is 56.9 Å². The van der Waals surface area contributed by atoms with Gasteiger partial charge in [0.25, 0.3) is 0 Å². The van der Waals surface area contributed by atoms with Gasteiger partial charge in [0.05, 0.1) is 12.8 Å². The van der Waals surface area contributed by atoms with Gasteiger partial charge in [-0.15, -0.1) is 0 Å². The van der Waals surface area contributed by atoms with Crippen molar-refractivity contribution >= 4 is 102 Å². The van der Waals surface area contributed by atoms with Crippen LogP contribution in [0.4, 0.5) is 0 Å². The fraction of sp³-hybridized carbons (Fsp3) is 0.900. The number of aliphatic hydroxyl groups is 10. The lowest BCUT2D eigenvalue weighted by Gasteiger charge is -2.45. The molecule has 32 nitrogen and oxygen atoms in total. The highest BCUT2D eigenvalue weighted by atomic mass is 28.6. The quantitative estimate of drug-likeness (QED) is 0.0117. The lowest BCUT2D eigenvalue weighted by atomic mass is 10.4. The van der Waals surface area contributed by atoms with E-state index in [1.807, 2.05) is 0 Å². The summed E-state index contributed by atoms with van der Waals surface area (Å²) in [6, 6.07) is -0.0605. The molecule has 0 aliphatic carbocycles. The van der Waals surface area contributed by atoms with Gasteiger partial charge in [-0.25, -0.2) is 4.79 Å². The Morgan fingerprint density at radius 1 is 0.356 bits per heavy atom. The second-order valence-electron chi connectivity index (χ2n) is 15.8. The van der Waals surface area contributed by atoms with Crippen LogP contribution in [-0.4, -0.2) is 293 Å². The first-order valence-electron chi connectivity index (χ1n) is 21.6. The molecule has 0 aliphatic rings. The van der Waals surface area contributed by atoms with E-state index in [2.05, 4.69) is 6.58 Å². The number of ether oxygens (including phenoxy) is 1. The first kappa shape index (κ1) is 73.4. The van der Waals surface area contributed by atoms with E-state index in [0.29, 0.717) is 0 Å². The van der Waals surface area contributed by atoms with Gasteiger partial charge in [0, 0.05) is 76.7 Å². The maximum absolute atomic E-state index is 11.9. The minimum absolute atomic E-state index is 0.0605. The van der Waals surface area contributed by atoms with Crippen LogP contribution in [0.15, 0.2) is 12.2 Å². The van der Waals surface area contributed by atoms with Crippen LogP contribution in [-0.2, 0) is 94.9 Å². The molecule has 0 heterocycles. The zero-order chi connectivity index (χ0) is 56.7. The molecule has 0 aromatic carbocycles. The summed E-state index contributed by atoms with van der Waals surface area (Å²) in [6.45, 7) is 10.1. The molecule has 43 heteroatoms. The van der Waals surface area contributed by atoms with E-state index in [4.69, 9.17) is 90.1 Å². The van der Waals surface area contributed by atoms with Gasteiger partial charge in [-0.05, 0) is 39.0 Å². The van der Waals surface area contributed by atoms with Crippen molar-refractivity contribution in [1.82, 2.24) is 0 Å². The fourth-order valence-corrected chi connectivity index (χ4v) is 45.8. The molecule has 0 saturated carbocycles. The highest BCUT2D eigenvalue weighted by Crippen LogP contribution is 2.33. The van der Waals surface area contributed by atoms with Crippen molar-refractivity contribution < 1.29 is 146 Å². The normalized spacial score (nSPS) is 20.9. The van der Waals surface area contributed by atoms with E-state index in [9.17, 15) is 55.9 Å². The van der Waals surface area contributed by atoms with Gasteiger partial charge < -0.3 is 141 Å². The predicted molar refractivity (Wildman–Crippen MR) is 268 cm³/mol. The molecule has 0 aromatic heterocycles. The highest BCUT2D eigenvalue weighted by Gasteiger charge is 2.68. The zero-order valence-electron chi connectivity index (χ0n) is 43.9. The Labute approximate surface area is 437 Å². The molecule has 10 atom stereocenters. The van der Waals surface area contributed by atoms with Crippen LogP contribution in [0.5, 0.6) is 0 Å². The molecule has 0 fully saturated rings. The molecule has 0 aliphatic heterocycles. The van der Waals surface area contributed by atoms with Crippen molar-refractivity contribution in [2.24, 2.45) is 0 Å². The third kappa shape index (κ3) is 20.5. The van der Waals surface area contributed by atoms with Gasteiger partial charge in [-0.2, -0.15) is 0 Å². The van der Waals surface area contributed by atoms with Crippen LogP contribution < -0.4 is 0 Å². The van der Waals surface area contributed by atoms with Gasteiger partial charge in [-0.3, -0.25) is 0 Å². The lowest BCUT2D eigenvalue weighted by molar-refractivity contribution is -0.139. The highest BCUT2D eigenvalue weighted by molar-refractivity contribution is 6.90. The molecule has 73 heavy (non-hydrogen) atoms. The third-order valence-corrected chi connectivity index (χ3v) is 47.5. The molecule has 0 aromatic rings. The van der Waals surface area contributed by atoms with Crippen molar-refractivity contribution in [3.63, 3.8) is 0 Å². The molecule has 0 rings (SSSR count). The van der Waals surface area contributed by atoms with Crippen molar-refractivity contribution in [2.45, 2.75) is 39.0 Å². The van der Waals surface area contributed by atoms with E-state index < -0.39 is 164 Å². The lowest BCUT2D eigenvalue weighted by Crippen LogP contribution is -2.75. The Hall–Kier alpha value is 0.396. The molecule has 0 radical (unpaired) electrons. The van der Waals surface area contributed by atoms with E-state index >= 15 is 0 Å². The summed E-state index contributed by atoms with van der Waals surface area (Å²) in [5, 5.41) is 108. The first-order chi connectivity index (χ1) is 34.1. The molecule has 10 unspecified atom stereocenters. The van der Waals surface area contributed by atoms with E-state index in [1.54, 1.807) is 19.6 Å². The predicted octanol–water partition coefficient (Wildman–Crippen LogP) is -5.83. The number of esters is 1. The second kappa shape index (κ2) is 32.6. The van der Waals surface area contributed by atoms with Crippen molar-refractivity contribution in [2.75, 3.05) is 140 Å². The Morgan fingerprint density at radius 2 is 0.575 bits per heavy atom. The topological polar surface area (TPSA) is 413 Å². The van der Waals surface area contributed by atoms with Crippen LogP contribution in [0.25, 0.3) is 0 Å². The Bertz CT molecular complexity index is 1550. The van der Waals surface area contributed by atoms with Crippen LogP contribution in [0.2, 0.25) is 25.7 Å². The SMILES string of the molecule is C=C(C)C(=O)OCCC[Si](CO)(OC)O[Si](CO)(OC)O[Si](CO)(OC)O[Si](CO)(OC)O[Si](CO)(OC)O[Si](CO)(OC)O[Si](CO)(OC)O[Si](CO)(OC)O[Si](CO)(OC)O[Si](CO)(OC)O[Si](C)(C)C. The smallest absolute Gasteiger partial charge is 0.462 e. The van der Waals surface area contributed by atoms with Crippen molar-refractivity contribution in [1.29, 1.82) is 0 Å². The number of hydrogen-bond acceptors (Lipinski definition) is 32. The summed E-state index contributed by atoms with van der Waals surface area (Å²) in [5.74, 6) is -0.664. The first-order valence-corrected chi connectivity index (χ1v) is 44.6. The Morgan fingerprint density at radius 3 is 0.740 bits per heavy atom. The third-order valence-electron chi connectivity index (χ3n) is 9.73. The number of carbonyl (C=O) groups excluding carboxylic acids is 1.